The molecule has 1 N–H and O–H groups in total. The van der Waals surface area contributed by atoms with Crippen LogP contribution in [0.15, 0.2) is 64.0 Å². The molecule has 2 bridgehead atoms. The number of furan rings is 1. The SMILES string of the molecule is O=C(Nc1ccc2n(c1=O)C[C@H]1C[C@@H]2CN(C(=O)c2ccc(F)cc2)C1)c1ccco1. The summed E-state index contributed by atoms with van der Waals surface area (Å²) >= 11 is 0. The second kappa shape index (κ2) is 7.54. The van der Waals surface area contributed by atoms with E-state index in [1.165, 1.54) is 36.6 Å². The summed E-state index contributed by atoms with van der Waals surface area (Å²) in [6, 6.07) is 12.1. The van der Waals surface area contributed by atoms with Crippen molar-refractivity contribution < 1.29 is 18.4 Å². The van der Waals surface area contributed by atoms with E-state index in [9.17, 15) is 18.8 Å². The number of halogens is 1. The first-order valence-corrected chi connectivity index (χ1v) is 10.1. The first-order chi connectivity index (χ1) is 15.0. The van der Waals surface area contributed by atoms with Crippen molar-refractivity contribution in [3.8, 4) is 0 Å². The van der Waals surface area contributed by atoms with Gasteiger partial charge in [0.1, 0.15) is 11.5 Å². The van der Waals surface area contributed by atoms with Gasteiger partial charge in [-0.3, -0.25) is 14.4 Å². The van der Waals surface area contributed by atoms with Gasteiger partial charge in [-0.2, -0.15) is 0 Å². The van der Waals surface area contributed by atoms with Crippen molar-refractivity contribution in [2.24, 2.45) is 5.92 Å². The molecule has 1 saturated heterocycles. The highest BCUT2D eigenvalue weighted by atomic mass is 19.1. The molecule has 2 aliphatic heterocycles. The van der Waals surface area contributed by atoms with E-state index in [1.807, 2.05) is 6.07 Å². The Hall–Kier alpha value is -3.68. The molecule has 8 heteroatoms. The summed E-state index contributed by atoms with van der Waals surface area (Å²) in [6.07, 6.45) is 2.29. The third kappa shape index (κ3) is 3.54. The van der Waals surface area contributed by atoms with Gasteiger partial charge < -0.3 is 19.2 Å². The van der Waals surface area contributed by atoms with Crippen molar-refractivity contribution in [2.45, 2.75) is 18.9 Å². The van der Waals surface area contributed by atoms with Crippen molar-refractivity contribution in [3.63, 3.8) is 0 Å². The number of carbonyl (C=O) groups is 2. The van der Waals surface area contributed by atoms with Gasteiger partial charge in [-0.25, -0.2) is 4.39 Å². The van der Waals surface area contributed by atoms with E-state index in [0.717, 1.165) is 12.1 Å². The highest BCUT2D eigenvalue weighted by Gasteiger charge is 2.37. The Morgan fingerprint density at radius 1 is 1.03 bits per heavy atom. The first kappa shape index (κ1) is 19.3. The van der Waals surface area contributed by atoms with Gasteiger partial charge in [0, 0.05) is 36.8 Å². The lowest BCUT2D eigenvalue weighted by molar-refractivity contribution is 0.0594. The van der Waals surface area contributed by atoms with Gasteiger partial charge in [0.15, 0.2) is 5.76 Å². The fourth-order valence-electron chi connectivity index (χ4n) is 4.57. The summed E-state index contributed by atoms with van der Waals surface area (Å²) in [6.45, 7) is 1.49. The Kier molecular flexibility index (Phi) is 4.69. The fourth-order valence-corrected chi connectivity index (χ4v) is 4.57. The molecule has 0 radical (unpaired) electrons. The van der Waals surface area contributed by atoms with E-state index in [-0.39, 0.29) is 40.6 Å². The molecule has 0 aliphatic carbocycles. The van der Waals surface area contributed by atoms with Gasteiger partial charge in [0.05, 0.1) is 6.26 Å². The number of benzene rings is 1. The predicted octanol–water partition coefficient (Wildman–Crippen LogP) is 3.09. The summed E-state index contributed by atoms with van der Waals surface area (Å²) in [7, 11) is 0. The number of piperidine rings is 1. The van der Waals surface area contributed by atoms with E-state index in [1.54, 1.807) is 21.6 Å². The van der Waals surface area contributed by atoms with Crippen LogP contribution in [0.2, 0.25) is 0 Å². The smallest absolute Gasteiger partial charge is 0.291 e. The van der Waals surface area contributed by atoms with Crippen LogP contribution < -0.4 is 10.9 Å². The summed E-state index contributed by atoms with van der Waals surface area (Å²) in [5.41, 5.74) is 1.25. The van der Waals surface area contributed by atoms with Gasteiger partial charge in [-0.05, 0) is 60.9 Å². The number of fused-ring (bicyclic) bond motifs is 4. The van der Waals surface area contributed by atoms with Crippen molar-refractivity contribution in [2.75, 3.05) is 18.4 Å². The molecule has 31 heavy (non-hydrogen) atoms. The lowest BCUT2D eigenvalue weighted by atomic mass is 9.83. The molecule has 1 fully saturated rings. The monoisotopic (exact) mass is 421 g/mol. The molecule has 5 rings (SSSR count). The first-order valence-electron chi connectivity index (χ1n) is 10.1. The molecule has 2 aromatic heterocycles. The molecule has 2 aliphatic rings. The zero-order valence-corrected chi connectivity index (χ0v) is 16.6. The topological polar surface area (TPSA) is 84.5 Å². The quantitative estimate of drug-likeness (QED) is 0.704. The minimum atomic E-state index is -0.477. The molecule has 0 spiro atoms. The number of nitrogens with zero attached hydrogens (tertiary/aromatic N) is 2. The maximum atomic E-state index is 13.2. The lowest BCUT2D eigenvalue weighted by Gasteiger charge is -2.43. The molecule has 1 aromatic carbocycles. The minimum Gasteiger partial charge on any atom is -0.459 e. The zero-order valence-electron chi connectivity index (χ0n) is 16.6. The van der Waals surface area contributed by atoms with Crippen molar-refractivity contribution >= 4 is 17.5 Å². The highest BCUT2D eigenvalue weighted by molar-refractivity contribution is 6.02. The van der Waals surface area contributed by atoms with Gasteiger partial charge in [0.25, 0.3) is 17.4 Å². The van der Waals surface area contributed by atoms with Crippen LogP contribution in [0.5, 0.6) is 0 Å². The summed E-state index contributed by atoms with van der Waals surface area (Å²) in [5.74, 6) is -0.699. The van der Waals surface area contributed by atoms with Crippen LogP contribution in [-0.4, -0.2) is 34.4 Å². The van der Waals surface area contributed by atoms with E-state index in [0.29, 0.717) is 25.2 Å². The summed E-state index contributed by atoms with van der Waals surface area (Å²) in [4.78, 5) is 39.9. The molecular formula is C23H20FN3O4. The number of nitrogens with one attached hydrogen (secondary N) is 1. The maximum absolute atomic E-state index is 13.2. The number of amides is 2. The molecule has 4 heterocycles. The predicted molar refractivity (Wildman–Crippen MR) is 111 cm³/mol. The minimum absolute atomic E-state index is 0.0272. The van der Waals surface area contributed by atoms with Crippen molar-refractivity contribution in [1.82, 2.24) is 9.47 Å². The molecule has 3 aromatic rings. The number of likely N-dealkylation sites (tertiary alicyclic amines) is 1. The average Bonchev–Trinajstić information content (AvgIpc) is 3.31. The van der Waals surface area contributed by atoms with Crippen LogP contribution in [0.3, 0.4) is 0 Å². The van der Waals surface area contributed by atoms with E-state index in [2.05, 4.69) is 5.32 Å². The van der Waals surface area contributed by atoms with Crippen LogP contribution in [0.4, 0.5) is 10.1 Å². The summed E-state index contributed by atoms with van der Waals surface area (Å²) in [5, 5.41) is 2.62. The fraction of sp³-hybridized carbons (Fsp3) is 0.261. The molecule has 0 unspecified atom stereocenters. The number of pyridine rings is 1. The Balaban J connectivity index is 1.38. The Morgan fingerprint density at radius 3 is 2.58 bits per heavy atom. The number of aromatic nitrogens is 1. The van der Waals surface area contributed by atoms with E-state index in [4.69, 9.17) is 4.42 Å². The normalized spacial score (nSPS) is 19.6. The van der Waals surface area contributed by atoms with E-state index < -0.39 is 5.91 Å². The van der Waals surface area contributed by atoms with Crippen LogP contribution in [0.1, 0.15) is 38.9 Å². The van der Waals surface area contributed by atoms with Gasteiger partial charge in [0.2, 0.25) is 0 Å². The largest absolute Gasteiger partial charge is 0.459 e. The molecule has 2 atom stereocenters. The Labute approximate surface area is 177 Å². The van der Waals surface area contributed by atoms with Crippen molar-refractivity contribution in [1.29, 1.82) is 0 Å². The third-order valence-corrected chi connectivity index (χ3v) is 5.98. The second-order valence-corrected chi connectivity index (χ2v) is 8.03. The zero-order chi connectivity index (χ0) is 21.5. The van der Waals surface area contributed by atoms with Gasteiger partial charge >= 0.3 is 0 Å². The molecular weight excluding hydrogens is 401 g/mol. The number of anilines is 1. The number of carbonyl (C=O) groups excluding carboxylic acids is 2. The van der Waals surface area contributed by atoms with Gasteiger partial charge in [-0.1, -0.05) is 0 Å². The van der Waals surface area contributed by atoms with Gasteiger partial charge in [-0.15, -0.1) is 0 Å². The molecule has 7 nitrogen and oxygen atoms in total. The Morgan fingerprint density at radius 2 is 1.84 bits per heavy atom. The average molecular weight is 421 g/mol. The van der Waals surface area contributed by atoms with Crippen LogP contribution in [-0.2, 0) is 6.54 Å². The highest BCUT2D eigenvalue weighted by Crippen LogP contribution is 2.36. The van der Waals surface area contributed by atoms with Crippen LogP contribution in [0, 0.1) is 11.7 Å². The molecule has 0 saturated carbocycles. The number of hydrogen-bond acceptors (Lipinski definition) is 4. The van der Waals surface area contributed by atoms with Crippen LogP contribution >= 0.6 is 0 Å². The van der Waals surface area contributed by atoms with Crippen molar-refractivity contribution in [3.05, 3.63) is 88.0 Å². The maximum Gasteiger partial charge on any atom is 0.291 e. The van der Waals surface area contributed by atoms with E-state index >= 15 is 0 Å². The number of rotatable bonds is 3. The van der Waals surface area contributed by atoms with Crippen LogP contribution in [0.25, 0.3) is 0 Å². The third-order valence-electron chi connectivity index (χ3n) is 5.98. The molecule has 158 valence electrons. The summed E-state index contributed by atoms with van der Waals surface area (Å²) < 4.78 is 20.0. The second-order valence-electron chi connectivity index (χ2n) is 8.03. The standard InChI is InChI=1S/C23H20FN3O4/c24-17-5-3-15(4-6-17)22(29)26-11-14-10-16(13-26)19-8-7-18(23(30)27(19)12-14)25-21(28)20-2-1-9-31-20/h1-9,14,16H,10-13H2,(H,25,28)/t14-,16+/m0/s1. The molecule has 2 amide bonds. The lowest BCUT2D eigenvalue weighted by Crippen LogP contribution is -2.49. The number of hydrogen-bond donors (Lipinski definition) is 1. The Bertz CT molecular complexity index is 1200.